The Morgan fingerprint density at radius 3 is 2.39 bits per heavy atom. The van der Waals surface area contributed by atoms with Crippen molar-refractivity contribution in [2.75, 3.05) is 29.9 Å². The number of rotatable bonds is 6. The summed E-state index contributed by atoms with van der Waals surface area (Å²) in [6.45, 7) is 1.06. The maximum atomic E-state index is 12.5. The van der Waals surface area contributed by atoms with Crippen LogP contribution in [0.25, 0.3) is 0 Å². The number of benzene rings is 1. The van der Waals surface area contributed by atoms with Crippen LogP contribution >= 0.6 is 0 Å². The fourth-order valence-electron chi connectivity index (χ4n) is 6.48. The number of hydrogen-bond acceptors (Lipinski definition) is 4. The Hall–Kier alpha value is -2.77. The van der Waals surface area contributed by atoms with Crippen LogP contribution in [0.3, 0.4) is 0 Å². The molecule has 166 valence electrons. The average Bonchev–Trinajstić information content (AvgIpc) is 3.12. The van der Waals surface area contributed by atoms with Gasteiger partial charge in [-0.15, -0.1) is 0 Å². The first-order valence-electron chi connectivity index (χ1n) is 11.4. The SMILES string of the molecule is O=C(CCNC(=O)NC12CC3CC(CC(C3)C1)C2)Nc1ccccc1N1CCOC1=O. The number of nitrogens with one attached hydrogen (secondary N) is 3. The molecule has 4 amide bonds. The number of para-hydroxylation sites is 2. The molecule has 6 rings (SSSR count). The molecule has 4 aliphatic carbocycles. The van der Waals surface area contributed by atoms with E-state index >= 15 is 0 Å². The highest BCUT2D eigenvalue weighted by Crippen LogP contribution is 2.55. The molecule has 1 heterocycles. The van der Waals surface area contributed by atoms with E-state index in [2.05, 4.69) is 16.0 Å². The van der Waals surface area contributed by atoms with Crippen LogP contribution in [0.4, 0.5) is 21.0 Å². The fraction of sp³-hybridized carbons (Fsp3) is 0.609. The summed E-state index contributed by atoms with van der Waals surface area (Å²) in [6, 6.07) is 6.98. The minimum Gasteiger partial charge on any atom is -0.447 e. The van der Waals surface area contributed by atoms with E-state index in [0.29, 0.717) is 24.5 Å². The molecule has 0 aromatic heterocycles. The van der Waals surface area contributed by atoms with Gasteiger partial charge in [-0.2, -0.15) is 0 Å². The molecule has 5 aliphatic rings. The van der Waals surface area contributed by atoms with Gasteiger partial charge in [0.2, 0.25) is 5.91 Å². The molecule has 0 radical (unpaired) electrons. The molecule has 5 fully saturated rings. The summed E-state index contributed by atoms with van der Waals surface area (Å²) in [4.78, 5) is 38.3. The number of anilines is 2. The van der Waals surface area contributed by atoms with E-state index in [-0.39, 0.29) is 30.4 Å². The third-order valence-electron chi connectivity index (χ3n) is 7.28. The standard InChI is InChI=1S/C23H30N4O4/c28-20(25-18-3-1-2-4-19(18)27-7-8-31-22(27)30)5-6-24-21(29)26-23-12-15-9-16(13-23)11-17(10-15)14-23/h1-4,15-17H,5-14H2,(H,25,28)(H2,24,26,29). The largest absolute Gasteiger partial charge is 0.447 e. The van der Waals surface area contributed by atoms with Gasteiger partial charge in [0.1, 0.15) is 6.61 Å². The maximum Gasteiger partial charge on any atom is 0.414 e. The van der Waals surface area contributed by atoms with Crippen molar-refractivity contribution in [3.63, 3.8) is 0 Å². The zero-order chi connectivity index (χ0) is 21.4. The van der Waals surface area contributed by atoms with Crippen molar-refractivity contribution >= 4 is 29.4 Å². The molecule has 1 saturated heterocycles. The van der Waals surface area contributed by atoms with Gasteiger partial charge in [0, 0.05) is 18.5 Å². The Morgan fingerprint density at radius 1 is 1.06 bits per heavy atom. The number of cyclic esters (lactones) is 1. The molecule has 0 spiro atoms. The van der Waals surface area contributed by atoms with E-state index in [1.165, 1.54) is 24.2 Å². The lowest BCUT2D eigenvalue weighted by Crippen LogP contribution is -2.61. The third kappa shape index (κ3) is 4.20. The summed E-state index contributed by atoms with van der Waals surface area (Å²) in [7, 11) is 0. The predicted molar refractivity (Wildman–Crippen MR) is 116 cm³/mol. The molecule has 0 atom stereocenters. The van der Waals surface area contributed by atoms with Gasteiger partial charge in [-0.1, -0.05) is 12.1 Å². The Labute approximate surface area is 182 Å². The molecule has 8 heteroatoms. The minimum absolute atomic E-state index is 0.0373. The van der Waals surface area contributed by atoms with Gasteiger partial charge in [0.15, 0.2) is 0 Å². The molecule has 4 bridgehead atoms. The van der Waals surface area contributed by atoms with Crippen LogP contribution in [-0.4, -0.2) is 43.3 Å². The smallest absolute Gasteiger partial charge is 0.414 e. The Balaban J connectivity index is 1.10. The molecular formula is C23H30N4O4. The first-order valence-corrected chi connectivity index (χ1v) is 11.4. The van der Waals surface area contributed by atoms with E-state index in [9.17, 15) is 14.4 Å². The number of ether oxygens (including phenoxy) is 1. The molecule has 0 unspecified atom stereocenters. The minimum atomic E-state index is -0.412. The molecule has 31 heavy (non-hydrogen) atoms. The molecule has 1 aromatic carbocycles. The molecule has 1 aromatic rings. The lowest BCUT2D eigenvalue weighted by molar-refractivity contribution is -0.116. The van der Waals surface area contributed by atoms with Crippen molar-refractivity contribution in [3.8, 4) is 0 Å². The second kappa shape index (κ2) is 8.05. The second-order valence-corrected chi connectivity index (χ2v) is 9.66. The lowest BCUT2D eigenvalue weighted by Gasteiger charge is -2.56. The van der Waals surface area contributed by atoms with Crippen LogP contribution < -0.4 is 20.9 Å². The van der Waals surface area contributed by atoms with Gasteiger partial charge in [0.05, 0.1) is 17.9 Å². The van der Waals surface area contributed by atoms with E-state index in [0.717, 1.165) is 37.0 Å². The van der Waals surface area contributed by atoms with Crippen molar-refractivity contribution in [2.24, 2.45) is 17.8 Å². The van der Waals surface area contributed by atoms with Crippen molar-refractivity contribution in [1.29, 1.82) is 0 Å². The van der Waals surface area contributed by atoms with Crippen molar-refractivity contribution < 1.29 is 19.1 Å². The molecule has 3 N–H and O–H groups in total. The Bertz CT molecular complexity index is 851. The van der Waals surface area contributed by atoms with Crippen molar-refractivity contribution in [1.82, 2.24) is 10.6 Å². The van der Waals surface area contributed by atoms with Crippen molar-refractivity contribution in [2.45, 2.75) is 50.5 Å². The van der Waals surface area contributed by atoms with Crippen LogP contribution in [0, 0.1) is 17.8 Å². The van der Waals surface area contributed by atoms with Gasteiger partial charge in [-0.3, -0.25) is 9.69 Å². The van der Waals surface area contributed by atoms with Gasteiger partial charge < -0.3 is 20.7 Å². The van der Waals surface area contributed by atoms with Crippen LogP contribution in [0.1, 0.15) is 44.9 Å². The summed E-state index contributed by atoms with van der Waals surface area (Å²) in [6.07, 6.45) is 7.05. The first kappa shape index (κ1) is 20.2. The van der Waals surface area contributed by atoms with E-state index in [1.54, 1.807) is 18.2 Å². The summed E-state index contributed by atoms with van der Waals surface area (Å²) in [5, 5.41) is 8.96. The van der Waals surface area contributed by atoms with E-state index in [4.69, 9.17) is 4.74 Å². The second-order valence-electron chi connectivity index (χ2n) is 9.66. The Kier molecular flexibility index (Phi) is 5.24. The van der Waals surface area contributed by atoms with Crippen LogP contribution in [0.2, 0.25) is 0 Å². The van der Waals surface area contributed by atoms with E-state index in [1.807, 2.05) is 6.07 Å². The van der Waals surface area contributed by atoms with Crippen LogP contribution in [0.5, 0.6) is 0 Å². The third-order valence-corrected chi connectivity index (χ3v) is 7.28. The molecular weight excluding hydrogens is 396 g/mol. The highest BCUT2D eigenvalue weighted by atomic mass is 16.6. The van der Waals surface area contributed by atoms with Crippen molar-refractivity contribution in [3.05, 3.63) is 24.3 Å². The Morgan fingerprint density at radius 2 is 1.74 bits per heavy atom. The number of carbonyl (C=O) groups excluding carboxylic acids is 3. The lowest BCUT2D eigenvalue weighted by atomic mass is 9.53. The van der Waals surface area contributed by atoms with Crippen LogP contribution in [0.15, 0.2) is 24.3 Å². The van der Waals surface area contributed by atoms with Gasteiger partial charge in [-0.05, 0) is 68.4 Å². The predicted octanol–water partition coefficient (Wildman–Crippen LogP) is 3.24. The summed E-state index contributed by atoms with van der Waals surface area (Å²) >= 11 is 0. The number of hydrogen-bond donors (Lipinski definition) is 3. The van der Waals surface area contributed by atoms with Gasteiger partial charge in [-0.25, -0.2) is 9.59 Å². The summed E-state index contributed by atoms with van der Waals surface area (Å²) in [5.74, 6) is 2.09. The topological polar surface area (TPSA) is 99.8 Å². The highest BCUT2D eigenvalue weighted by Gasteiger charge is 2.51. The quantitative estimate of drug-likeness (QED) is 0.650. The summed E-state index contributed by atoms with van der Waals surface area (Å²) < 4.78 is 4.99. The van der Waals surface area contributed by atoms with Gasteiger partial charge >= 0.3 is 12.1 Å². The highest BCUT2D eigenvalue weighted by molar-refractivity contribution is 5.99. The number of carbonyl (C=O) groups is 3. The normalized spacial score (nSPS) is 30.8. The number of amides is 4. The zero-order valence-corrected chi connectivity index (χ0v) is 17.7. The number of nitrogens with zero attached hydrogens (tertiary/aromatic N) is 1. The molecule has 1 aliphatic heterocycles. The average molecular weight is 427 g/mol. The fourth-order valence-corrected chi connectivity index (χ4v) is 6.48. The monoisotopic (exact) mass is 426 g/mol. The van der Waals surface area contributed by atoms with E-state index < -0.39 is 6.09 Å². The molecule has 8 nitrogen and oxygen atoms in total. The molecule has 4 saturated carbocycles. The van der Waals surface area contributed by atoms with Gasteiger partial charge in [0.25, 0.3) is 0 Å². The number of urea groups is 1. The van der Waals surface area contributed by atoms with Crippen LogP contribution in [-0.2, 0) is 9.53 Å². The maximum absolute atomic E-state index is 12.5. The summed E-state index contributed by atoms with van der Waals surface area (Å²) in [5.41, 5.74) is 1.14. The zero-order valence-electron chi connectivity index (χ0n) is 17.7. The first-order chi connectivity index (χ1) is 15.0.